The van der Waals surface area contributed by atoms with Crippen molar-refractivity contribution in [1.29, 1.82) is 0 Å². The third kappa shape index (κ3) is 4.21. The van der Waals surface area contributed by atoms with Gasteiger partial charge < -0.3 is 5.32 Å². The molecule has 0 atom stereocenters. The lowest BCUT2D eigenvalue weighted by molar-refractivity contribution is 0.102. The van der Waals surface area contributed by atoms with Gasteiger partial charge >= 0.3 is 0 Å². The molecule has 1 heterocycles. The van der Waals surface area contributed by atoms with Crippen LogP contribution in [0.2, 0.25) is 0 Å². The van der Waals surface area contributed by atoms with Gasteiger partial charge in [0.25, 0.3) is 15.9 Å². The number of pyridine rings is 1. The highest BCUT2D eigenvalue weighted by molar-refractivity contribution is 7.92. The molecule has 3 aromatic rings. The molecule has 0 aliphatic carbocycles. The molecule has 0 radical (unpaired) electrons. The number of aromatic nitrogens is 1. The highest BCUT2D eigenvalue weighted by Gasteiger charge is 2.16. The molecule has 0 saturated carbocycles. The second-order valence-electron chi connectivity index (χ2n) is 5.19. The lowest BCUT2D eigenvalue weighted by atomic mass is 10.2. The van der Waals surface area contributed by atoms with Crippen LogP contribution in [-0.2, 0) is 10.0 Å². The van der Waals surface area contributed by atoms with Crippen molar-refractivity contribution in [2.24, 2.45) is 0 Å². The minimum absolute atomic E-state index is 0.0127. The fourth-order valence-electron chi connectivity index (χ4n) is 2.16. The maximum Gasteiger partial charge on any atom is 0.261 e. The van der Waals surface area contributed by atoms with Crippen LogP contribution in [0.5, 0.6) is 0 Å². The minimum atomic E-state index is -3.78. The molecule has 0 unspecified atom stereocenters. The third-order valence-electron chi connectivity index (χ3n) is 3.37. The van der Waals surface area contributed by atoms with Gasteiger partial charge in [-0.2, -0.15) is 0 Å². The topological polar surface area (TPSA) is 88.2 Å². The second kappa shape index (κ2) is 7.14. The zero-order valence-corrected chi connectivity index (χ0v) is 13.9. The van der Waals surface area contributed by atoms with E-state index in [0.29, 0.717) is 11.4 Å². The Morgan fingerprint density at radius 1 is 0.840 bits per heavy atom. The molecule has 2 aromatic carbocycles. The maximum atomic E-state index is 12.5. The Hall–Kier alpha value is -3.19. The number of sulfonamides is 1. The van der Waals surface area contributed by atoms with E-state index in [1.165, 1.54) is 18.2 Å². The molecule has 0 aliphatic heterocycles. The summed E-state index contributed by atoms with van der Waals surface area (Å²) in [6.45, 7) is 0. The fourth-order valence-corrected chi connectivity index (χ4v) is 3.27. The lowest BCUT2D eigenvalue weighted by Gasteiger charge is -2.10. The number of benzene rings is 2. The largest absolute Gasteiger partial charge is 0.322 e. The van der Waals surface area contributed by atoms with Crippen LogP contribution in [0.3, 0.4) is 0 Å². The van der Waals surface area contributed by atoms with Crippen molar-refractivity contribution < 1.29 is 13.2 Å². The van der Waals surface area contributed by atoms with Gasteiger partial charge in [0.1, 0.15) is 0 Å². The van der Waals surface area contributed by atoms with Gasteiger partial charge in [0.2, 0.25) is 0 Å². The molecule has 0 fully saturated rings. The highest BCUT2D eigenvalue weighted by Crippen LogP contribution is 2.17. The van der Waals surface area contributed by atoms with Crippen molar-refractivity contribution in [3.63, 3.8) is 0 Å². The van der Waals surface area contributed by atoms with E-state index >= 15 is 0 Å². The summed E-state index contributed by atoms with van der Waals surface area (Å²) in [6.07, 6.45) is 3.11. The Kier molecular flexibility index (Phi) is 4.76. The third-order valence-corrected chi connectivity index (χ3v) is 4.75. The quantitative estimate of drug-likeness (QED) is 0.737. The minimum Gasteiger partial charge on any atom is -0.322 e. The van der Waals surface area contributed by atoms with E-state index in [1.54, 1.807) is 60.9 Å². The number of amides is 1. The molecular formula is C18H15N3O3S. The van der Waals surface area contributed by atoms with E-state index in [1.807, 2.05) is 0 Å². The molecule has 0 saturated heterocycles. The summed E-state index contributed by atoms with van der Waals surface area (Å²) < 4.78 is 27.4. The monoisotopic (exact) mass is 353 g/mol. The Labute approximate surface area is 145 Å². The van der Waals surface area contributed by atoms with Crippen molar-refractivity contribution in [2.75, 3.05) is 10.0 Å². The van der Waals surface area contributed by atoms with Crippen molar-refractivity contribution in [2.45, 2.75) is 4.90 Å². The highest BCUT2D eigenvalue weighted by atomic mass is 32.2. The van der Waals surface area contributed by atoms with Crippen LogP contribution in [0, 0.1) is 0 Å². The SMILES string of the molecule is O=C(Nc1ccncc1)c1cccc(S(=O)(=O)Nc2ccccc2)c1. The molecule has 7 heteroatoms. The Bertz CT molecular complexity index is 975. The molecule has 1 aromatic heterocycles. The number of nitrogens with zero attached hydrogens (tertiary/aromatic N) is 1. The summed E-state index contributed by atoms with van der Waals surface area (Å²) in [5.74, 6) is -0.400. The smallest absolute Gasteiger partial charge is 0.261 e. The summed E-state index contributed by atoms with van der Waals surface area (Å²) in [6, 6.07) is 17.7. The van der Waals surface area contributed by atoms with Crippen LogP contribution < -0.4 is 10.0 Å². The van der Waals surface area contributed by atoms with Gasteiger partial charge in [-0.05, 0) is 42.5 Å². The van der Waals surface area contributed by atoms with Gasteiger partial charge in [-0.15, -0.1) is 0 Å². The predicted molar refractivity (Wildman–Crippen MR) is 95.9 cm³/mol. The first-order valence-electron chi connectivity index (χ1n) is 7.44. The van der Waals surface area contributed by atoms with Gasteiger partial charge in [0.15, 0.2) is 0 Å². The Balaban J connectivity index is 1.82. The zero-order valence-electron chi connectivity index (χ0n) is 13.1. The Morgan fingerprint density at radius 2 is 1.56 bits per heavy atom. The van der Waals surface area contributed by atoms with E-state index in [4.69, 9.17) is 0 Å². The van der Waals surface area contributed by atoms with Crippen LogP contribution in [0.4, 0.5) is 11.4 Å². The molecule has 1 amide bonds. The molecular weight excluding hydrogens is 338 g/mol. The van der Waals surface area contributed by atoms with Gasteiger partial charge in [-0.25, -0.2) is 8.42 Å². The normalized spacial score (nSPS) is 10.9. The summed E-state index contributed by atoms with van der Waals surface area (Å²) in [4.78, 5) is 16.2. The van der Waals surface area contributed by atoms with Crippen molar-refractivity contribution >= 4 is 27.3 Å². The summed E-state index contributed by atoms with van der Waals surface area (Å²) in [7, 11) is -3.78. The molecule has 2 N–H and O–H groups in total. The van der Waals surface area contributed by atoms with Gasteiger partial charge in [0, 0.05) is 29.3 Å². The Morgan fingerprint density at radius 3 is 2.28 bits per heavy atom. The number of carbonyl (C=O) groups excluding carboxylic acids is 1. The van der Waals surface area contributed by atoms with Gasteiger partial charge in [0.05, 0.1) is 4.90 Å². The number of anilines is 2. The first-order valence-corrected chi connectivity index (χ1v) is 8.92. The summed E-state index contributed by atoms with van der Waals surface area (Å²) in [5, 5.41) is 2.69. The van der Waals surface area contributed by atoms with Crippen LogP contribution in [0.1, 0.15) is 10.4 Å². The number of nitrogens with one attached hydrogen (secondary N) is 2. The molecule has 0 spiro atoms. The fraction of sp³-hybridized carbons (Fsp3) is 0. The van der Waals surface area contributed by atoms with Gasteiger partial charge in [-0.3, -0.25) is 14.5 Å². The van der Waals surface area contributed by atoms with E-state index < -0.39 is 15.9 Å². The van der Waals surface area contributed by atoms with E-state index in [-0.39, 0.29) is 10.5 Å². The van der Waals surface area contributed by atoms with Crippen molar-refractivity contribution in [1.82, 2.24) is 4.98 Å². The molecule has 3 rings (SSSR count). The first kappa shape index (κ1) is 16.7. The van der Waals surface area contributed by atoms with Crippen LogP contribution >= 0.6 is 0 Å². The van der Waals surface area contributed by atoms with Crippen LogP contribution in [0.25, 0.3) is 0 Å². The number of carbonyl (C=O) groups is 1. The predicted octanol–water partition coefficient (Wildman–Crippen LogP) is 3.13. The number of hydrogen-bond donors (Lipinski definition) is 2. The molecule has 126 valence electrons. The molecule has 6 nitrogen and oxygen atoms in total. The number of para-hydroxylation sites is 1. The van der Waals surface area contributed by atoms with Gasteiger partial charge in [-0.1, -0.05) is 24.3 Å². The molecule has 25 heavy (non-hydrogen) atoms. The second-order valence-corrected chi connectivity index (χ2v) is 6.87. The lowest BCUT2D eigenvalue weighted by Crippen LogP contribution is -2.16. The van der Waals surface area contributed by atoms with Crippen LogP contribution in [0.15, 0.2) is 84.0 Å². The van der Waals surface area contributed by atoms with E-state index in [9.17, 15) is 13.2 Å². The van der Waals surface area contributed by atoms with Crippen molar-refractivity contribution in [3.8, 4) is 0 Å². The average molecular weight is 353 g/mol. The first-order chi connectivity index (χ1) is 12.0. The summed E-state index contributed by atoms with van der Waals surface area (Å²) >= 11 is 0. The standard InChI is InChI=1S/C18H15N3O3S/c22-18(20-15-9-11-19-12-10-15)14-5-4-8-17(13-14)25(23,24)21-16-6-2-1-3-7-16/h1-13,21H,(H,19,20,22). The molecule has 0 bridgehead atoms. The maximum absolute atomic E-state index is 12.5. The molecule has 0 aliphatic rings. The van der Waals surface area contributed by atoms with E-state index in [2.05, 4.69) is 15.0 Å². The number of rotatable bonds is 5. The van der Waals surface area contributed by atoms with Crippen molar-refractivity contribution in [3.05, 3.63) is 84.7 Å². The number of hydrogen-bond acceptors (Lipinski definition) is 4. The van der Waals surface area contributed by atoms with Crippen LogP contribution in [-0.4, -0.2) is 19.3 Å². The van der Waals surface area contributed by atoms with E-state index in [0.717, 1.165) is 0 Å². The zero-order chi connectivity index (χ0) is 17.7. The average Bonchev–Trinajstić information content (AvgIpc) is 2.63. The summed E-state index contributed by atoms with van der Waals surface area (Å²) in [5.41, 5.74) is 1.28.